The summed E-state index contributed by atoms with van der Waals surface area (Å²) in [6, 6.07) is 5.52. The Balaban J connectivity index is 0.00000338. The van der Waals surface area contributed by atoms with E-state index in [4.69, 9.17) is 9.47 Å². The predicted molar refractivity (Wildman–Crippen MR) is 99.8 cm³/mol. The summed E-state index contributed by atoms with van der Waals surface area (Å²) in [5.74, 6) is 1.34. The highest BCUT2D eigenvalue weighted by molar-refractivity contribution is 5.85. The second kappa shape index (κ2) is 9.81. The van der Waals surface area contributed by atoms with Gasteiger partial charge < -0.3 is 20.1 Å². The molecule has 3 N–H and O–H groups in total. The summed E-state index contributed by atoms with van der Waals surface area (Å²) in [5, 5.41) is 19.4. The first-order chi connectivity index (χ1) is 11.9. The van der Waals surface area contributed by atoms with Crippen LogP contribution in [0.15, 0.2) is 18.2 Å². The van der Waals surface area contributed by atoms with E-state index in [1.54, 1.807) is 6.07 Å². The van der Waals surface area contributed by atoms with Gasteiger partial charge in [0.2, 0.25) is 0 Å². The molecule has 1 aromatic carbocycles. The first kappa shape index (κ1) is 21.5. The average Bonchev–Trinajstić information content (AvgIpc) is 3.04. The Morgan fingerprint density at radius 2 is 2.00 bits per heavy atom. The van der Waals surface area contributed by atoms with Gasteiger partial charge in [-0.1, -0.05) is 11.2 Å². The van der Waals surface area contributed by atoms with Gasteiger partial charge in [-0.3, -0.25) is 4.79 Å². The Kier molecular flexibility index (Phi) is 8.11. The van der Waals surface area contributed by atoms with Crippen LogP contribution in [0.1, 0.15) is 33.3 Å². The largest absolute Gasteiger partial charge is 0.490 e. The van der Waals surface area contributed by atoms with Gasteiger partial charge in [0, 0.05) is 12.1 Å². The van der Waals surface area contributed by atoms with E-state index in [-0.39, 0.29) is 30.5 Å². The molecular weight excluding hydrogens is 360 g/mol. The molecule has 26 heavy (non-hydrogen) atoms. The van der Waals surface area contributed by atoms with Crippen molar-refractivity contribution in [2.24, 2.45) is 0 Å². The van der Waals surface area contributed by atoms with Gasteiger partial charge in [0.15, 0.2) is 18.1 Å². The van der Waals surface area contributed by atoms with Crippen molar-refractivity contribution in [3.05, 3.63) is 23.8 Å². The third-order valence-corrected chi connectivity index (χ3v) is 2.98. The minimum atomic E-state index is -0.298. The number of nitrogens with zero attached hydrogens (tertiary/aromatic N) is 3. The van der Waals surface area contributed by atoms with Gasteiger partial charge in [0.1, 0.15) is 0 Å². The molecule has 0 aliphatic carbocycles. The molecule has 0 aliphatic heterocycles. The Hall–Kier alpha value is -2.55. The van der Waals surface area contributed by atoms with Crippen LogP contribution < -0.4 is 20.1 Å². The number of H-pyrrole nitrogens is 1. The number of nitrogens with one attached hydrogen (secondary N) is 3. The van der Waals surface area contributed by atoms with Gasteiger partial charge in [-0.05, 0) is 50.6 Å². The number of aromatic amines is 1. The van der Waals surface area contributed by atoms with Gasteiger partial charge in [-0.15, -0.1) is 17.5 Å². The Bertz CT molecular complexity index is 688. The lowest BCUT2D eigenvalue weighted by Gasteiger charge is -2.21. The van der Waals surface area contributed by atoms with Crippen LogP contribution in [0.3, 0.4) is 0 Å². The highest BCUT2D eigenvalue weighted by Gasteiger charge is 2.15. The number of carbonyl (C=O) groups excluding carboxylic acids is 1. The summed E-state index contributed by atoms with van der Waals surface area (Å²) >= 11 is 0. The van der Waals surface area contributed by atoms with E-state index in [1.807, 2.05) is 39.8 Å². The maximum atomic E-state index is 11.9. The quantitative estimate of drug-likeness (QED) is 0.637. The molecule has 2 rings (SSSR count). The summed E-state index contributed by atoms with van der Waals surface area (Å²) in [4.78, 5) is 11.9. The highest BCUT2D eigenvalue weighted by Crippen LogP contribution is 2.28. The summed E-state index contributed by atoms with van der Waals surface area (Å²) in [5.41, 5.74) is 0.660. The molecule has 0 atom stereocenters. The molecule has 0 radical (unpaired) electrons. The van der Waals surface area contributed by atoms with E-state index in [1.165, 1.54) is 0 Å². The smallest absolute Gasteiger partial charge is 0.263 e. The summed E-state index contributed by atoms with van der Waals surface area (Å²) in [6.45, 7) is 8.57. The fourth-order valence-electron chi connectivity index (χ4n) is 2.07. The van der Waals surface area contributed by atoms with Gasteiger partial charge in [0.25, 0.3) is 11.9 Å². The van der Waals surface area contributed by atoms with Crippen molar-refractivity contribution < 1.29 is 14.3 Å². The Labute approximate surface area is 158 Å². The maximum absolute atomic E-state index is 11.9. The van der Waals surface area contributed by atoms with Gasteiger partial charge in [0.05, 0.1) is 6.61 Å². The molecule has 0 bridgehead atoms. The highest BCUT2D eigenvalue weighted by atomic mass is 35.5. The van der Waals surface area contributed by atoms with Crippen LogP contribution in [0.2, 0.25) is 0 Å². The summed E-state index contributed by atoms with van der Waals surface area (Å²) in [7, 11) is 0. The fraction of sp³-hybridized carbons (Fsp3) is 0.500. The lowest BCUT2D eigenvalue weighted by Crippen LogP contribution is -2.43. The number of carbonyl (C=O) groups is 1. The van der Waals surface area contributed by atoms with E-state index in [0.29, 0.717) is 30.6 Å². The van der Waals surface area contributed by atoms with Crippen LogP contribution in [-0.4, -0.2) is 45.3 Å². The van der Waals surface area contributed by atoms with Gasteiger partial charge in [-0.2, -0.15) is 5.21 Å². The van der Waals surface area contributed by atoms with Crippen molar-refractivity contribution in [2.45, 2.75) is 39.8 Å². The number of ether oxygens (including phenoxy) is 2. The van der Waals surface area contributed by atoms with Crippen molar-refractivity contribution in [3.63, 3.8) is 0 Å². The molecule has 0 saturated heterocycles. The second-order valence-corrected chi connectivity index (χ2v) is 6.39. The lowest BCUT2D eigenvalue weighted by molar-refractivity contribution is -0.124. The van der Waals surface area contributed by atoms with Crippen molar-refractivity contribution in [1.29, 1.82) is 0 Å². The first-order valence-corrected chi connectivity index (χ1v) is 8.04. The average molecular weight is 385 g/mol. The zero-order valence-corrected chi connectivity index (χ0v) is 16.1. The number of hydrogen-bond donors (Lipinski definition) is 3. The number of anilines is 1. The first-order valence-electron chi connectivity index (χ1n) is 8.04. The molecule has 0 unspecified atom stereocenters. The lowest BCUT2D eigenvalue weighted by atomic mass is 10.1. The number of halogens is 1. The van der Waals surface area contributed by atoms with E-state index < -0.39 is 0 Å². The van der Waals surface area contributed by atoms with Crippen molar-refractivity contribution in [1.82, 2.24) is 25.9 Å². The minimum Gasteiger partial charge on any atom is -0.490 e. The van der Waals surface area contributed by atoms with Crippen molar-refractivity contribution >= 4 is 24.3 Å². The third kappa shape index (κ3) is 7.14. The Morgan fingerprint density at radius 3 is 2.62 bits per heavy atom. The molecule has 9 nitrogen and oxygen atoms in total. The van der Waals surface area contributed by atoms with E-state index in [2.05, 4.69) is 31.3 Å². The molecule has 0 spiro atoms. The molecule has 0 fully saturated rings. The molecule has 1 aromatic heterocycles. The SMILES string of the molecule is CCOc1cc(CNc2nn[nH]n2)ccc1OCC(=O)NC(C)(C)C.Cl. The molecular formula is C16H25ClN6O3. The normalized spacial score (nSPS) is 10.6. The fourth-order valence-corrected chi connectivity index (χ4v) is 2.07. The second-order valence-electron chi connectivity index (χ2n) is 6.39. The van der Waals surface area contributed by atoms with Crippen LogP contribution in [0.25, 0.3) is 0 Å². The zero-order chi connectivity index (χ0) is 18.3. The number of benzene rings is 1. The molecule has 0 aliphatic rings. The van der Waals surface area contributed by atoms with Gasteiger partial charge >= 0.3 is 0 Å². The minimum absolute atomic E-state index is 0. The van der Waals surface area contributed by atoms with Crippen molar-refractivity contribution in [3.8, 4) is 11.5 Å². The van der Waals surface area contributed by atoms with Crippen LogP contribution in [0.5, 0.6) is 11.5 Å². The molecule has 2 aromatic rings. The molecule has 1 amide bonds. The van der Waals surface area contributed by atoms with Crippen LogP contribution >= 0.6 is 12.4 Å². The van der Waals surface area contributed by atoms with E-state index in [0.717, 1.165) is 5.56 Å². The van der Waals surface area contributed by atoms with E-state index in [9.17, 15) is 4.79 Å². The van der Waals surface area contributed by atoms with Crippen LogP contribution in [-0.2, 0) is 11.3 Å². The standard InChI is InChI=1S/C16H24N6O3.ClH/c1-5-24-13-8-11(9-17-15-19-21-22-20-15)6-7-12(13)25-10-14(23)18-16(2,3)4;/h6-8H,5,9-10H2,1-4H3,(H,18,23)(H2,17,19,20,21,22);1H. The molecule has 144 valence electrons. The van der Waals surface area contributed by atoms with Crippen LogP contribution in [0.4, 0.5) is 5.95 Å². The number of tetrazole rings is 1. The monoisotopic (exact) mass is 384 g/mol. The summed E-state index contributed by atoms with van der Waals surface area (Å²) in [6.07, 6.45) is 0. The van der Waals surface area contributed by atoms with Gasteiger partial charge in [-0.25, -0.2) is 0 Å². The number of hydrogen-bond acceptors (Lipinski definition) is 7. The number of amides is 1. The zero-order valence-electron chi connectivity index (χ0n) is 15.3. The van der Waals surface area contributed by atoms with Crippen LogP contribution in [0, 0.1) is 0 Å². The van der Waals surface area contributed by atoms with Crippen molar-refractivity contribution in [2.75, 3.05) is 18.5 Å². The van der Waals surface area contributed by atoms with E-state index >= 15 is 0 Å². The Morgan fingerprint density at radius 1 is 1.23 bits per heavy atom. The predicted octanol–water partition coefficient (Wildman–Crippen LogP) is 1.93. The topological polar surface area (TPSA) is 114 Å². The molecule has 0 saturated carbocycles. The summed E-state index contributed by atoms with van der Waals surface area (Å²) < 4.78 is 11.2. The molecule has 1 heterocycles. The maximum Gasteiger partial charge on any atom is 0.263 e. The third-order valence-electron chi connectivity index (χ3n) is 2.98. The number of aromatic nitrogens is 4. The molecule has 10 heteroatoms. The number of rotatable bonds is 8.